The molecule has 0 bridgehead atoms. The zero-order valence-electron chi connectivity index (χ0n) is 9.74. The Labute approximate surface area is 91.9 Å². The number of nitrogens with one attached hydrogen (secondary N) is 1. The number of hydrogen-bond acceptors (Lipinski definition) is 2. The van der Waals surface area contributed by atoms with E-state index in [0.717, 1.165) is 6.54 Å². The van der Waals surface area contributed by atoms with Gasteiger partial charge in [0.25, 0.3) is 0 Å². The molecular formula is C12H21N3. The number of hydrogen-bond donors (Lipinski definition) is 1. The zero-order valence-corrected chi connectivity index (χ0v) is 9.74. The molecule has 1 aromatic rings. The summed E-state index contributed by atoms with van der Waals surface area (Å²) in [7, 11) is 0. The molecular weight excluding hydrogens is 186 g/mol. The predicted octanol–water partition coefficient (Wildman–Crippen LogP) is 2.32. The fraction of sp³-hybridized carbons (Fsp3) is 0.750. The van der Waals surface area contributed by atoms with E-state index in [1.165, 1.54) is 31.5 Å². The van der Waals surface area contributed by atoms with Crippen LogP contribution < -0.4 is 5.32 Å². The van der Waals surface area contributed by atoms with E-state index in [1.807, 2.05) is 12.5 Å². The van der Waals surface area contributed by atoms with E-state index in [1.54, 1.807) is 0 Å². The highest BCUT2D eigenvalue weighted by Gasteiger charge is 2.17. The summed E-state index contributed by atoms with van der Waals surface area (Å²) in [5, 5.41) is 3.45. The fourth-order valence-corrected chi connectivity index (χ4v) is 2.35. The molecule has 84 valence electrons. The highest BCUT2D eigenvalue weighted by Crippen LogP contribution is 2.24. The molecule has 0 spiro atoms. The van der Waals surface area contributed by atoms with Gasteiger partial charge in [-0.15, -0.1) is 0 Å². The van der Waals surface area contributed by atoms with E-state index in [4.69, 9.17) is 0 Å². The lowest BCUT2D eigenvalue weighted by atomic mass is 10.1. The molecule has 1 aliphatic rings. The lowest BCUT2D eigenvalue weighted by Gasteiger charge is -2.20. The summed E-state index contributed by atoms with van der Waals surface area (Å²) < 4.78 is 2.39. The van der Waals surface area contributed by atoms with Crippen LogP contribution in [0.2, 0.25) is 0 Å². The maximum Gasteiger partial charge on any atom is 0.0950 e. The van der Waals surface area contributed by atoms with Crippen molar-refractivity contribution in [3.05, 3.63) is 18.2 Å². The van der Waals surface area contributed by atoms with Gasteiger partial charge in [0.1, 0.15) is 0 Å². The monoisotopic (exact) mass is 207 g/mol. The van der Waals surface area contributed by atoms with Crippen LogP contribution in [-0.2, 0) is 0 Å². The highest BCUT2D eigenvalue weighted by atomic mass is 15.1. The Morgan fingerprint density at radius 2 is 2.27 bits per heavy atom. The first-order chi connectivity index (χ1) is 7.29. The van der Waals surface area contributed by atoms with E-state index in [9.17, 15) is 0 Å². The van der Waals surface area contributed by atoms with E-state index in [-0.39, 0.29) is 0 Å². The van der Waals surface area contributed by atoms with Crippen molar-refractivity contribution in [2.45, 2.75) is 45.1 Å². The van der Waals surface area contributed by atoms with Crippen molar-refractivity contribution in [1.82, 2.24) is 14.9 Å². The van der Waals surface area contributed by atoms with Gasteiger partial charge in [0.2, 0.25) is 0 Å². The predicted molar refractivity (Wildman–Crippen MR) is 62.1 cm³/mol. The largest absolute Gasteiger partial charge is 0.331 e. The van der Waals surface area contributed by atoms with E-state index in [2.05, 4.69) is 28.7 Å². The molecule has 2 heterocycles. The summed E-state index contributed by atoms with van der Waals surface area (Å²) in [4.78, 5) is 4.29. The molecule has 3 heteroatoms. The van der Waals surface area contributed by atoms with Crippen LogP contribution >= 0.6 is 0 Å². The quantitative estimate of drug-likeness (QED) is 0.806. The average molecular weight is 207 g/mol. The summed E-state index contributed by atoms with van der Waals surface area (Å²) in [5.41, 5.74) is 1.38. The minimum atomic E-state index is 0.573. The lowest BCUT2D eigenvalue weighted by molar-refractivity contribution is 0.436. The van der Waals surface area contributed by atoms with Gasteiger partial charge in [-0.2, -0.15) is 0 Å². The average Bonchev–Trinajstić information content (AvgIpc) is 2.55. The topological polar surface area (TPSA) is 29.9 Å². The Kier molecular flexibility index (Phi) is 3.41. The first-order valence-electron chi connectivity index (χ1n) is 6.01. The molecule has 0 saturated carbocycles. The van der Waals surface area contributed by atoms with Crippen molar-refractivity contribution in [3.8, 4) is 0 Å². The van der Waals surface area contributed by atoms with Gasteiger partial charge in [-0.1, -0.05) is 13.8 Å². The molecule has 1 atom stereocenters. The molecule has 1 saturated heterocycles. The Morgan fingerprint density at radius 3 is 3.07 bits per heavy atom. The summed E-state index contributed by atoms with van der Waals surface area (Å²) in [6.45, 7) is 6.79. The Balaban J connectivity index is 2.15. The minimum absolute atomic E-state index is 0.573. The smallest absolute Gasteiger partial charge is 0.0950 e. The Bertz CT molecular complexity index is 296. The van der Waals surface area contributed by atoms with Gasteiger partial charge in [-0.25, -0.2) is 4.98 Å². The lowest BCUT2D eigenvalue weighted by Crippen LogP contribution is -2.16. The van der Waals surface area contributed by atoms with E-state index in [0.29, 0.717) is 12.0 Å². The van der Waals surface area contributed by atoms with Crippen molar-refractivity contribution >= 4 is 0 Å². The second kappa shape index (κ2) is 4.79. The van der Waals surface area contributed by atoms with Crippen molar-refractivity contribution in [2.75, 3.05) is 13.1 Å². The van der Waals surface area contributed by atoms with Crippen LogP contribution in [-0.4, -0.2) is 22.6 Å². The molecule has 1 unspecified atom stereocenters. The first kappa shape index (κ1) is 10.7. The van der Waals surface area contributed by atoms with Gasteiger partial charge >= 0.3 is 0 Å². The second-order valence-corrected chi connectivity index (χ2v) is 4.72. The van der Waals surface area contributed by atoms with Crippen molar-refractivity contribution in [1.29, 1.82) is 0 Å². The van der Waals surface area contributed by atoms with Crippen LogP contribution in [0.5, 0.6) is 0 Å². The Hall–Kier alpha value is -0.830. The maximum absolute atomic E-state index is 4.29. The maximum atomic E-state index is 4.29. The van der Waals surface area contributed by atoms with Crippen molar-refractivity contribution < 1.29 is 0 Å². The molecule has 2 rings (SSSR count). The van der Waals surface area contributed by atoms with Gasteiger partial charge in [0.05, 0.1) is 6.33 Å². The second-order valence-electron chi connectivity index (χ2n) is 4.72. The molecule has 1 fully saturated rings. The van der Waals surface area contributed by atoms with Gasteiger partial charge in [-0.3, -0.25) is 0 Å². The van der Waals surface area contributed by atoms with Crippen LogP contribution in [0.4, 0.5) is 0 Å². The third-order valence-corrected chi connectivity index (χ3v) is 3.23. The SMILES string of the molecule is CC(C)c1cncn1C1CCCNCC1. The summed E-state index contributed by atoms with van der Waals surface area (Å²) in [6.07, 6.45) is 7.81. The molecule has 1 aromatic heterocycles. The molecule has 3 nitrogen and oxygen atoms in total. The fourth-order valence-electron chi connectivity index (χ4n) is 2.35. The van der Waals surface area contributed by atoms with Crippen molar-refractivity contribution in [3.63, 3.8) is 0 Å². The molecule has 1 N–H and O–H groups in total. The third kappa shape index (κ3) is 2.40. The Morgan fingerprint density at radius 1 is 1.40 bits per heavy atom. The molecule has 0 radical (unpaired) electrons. The van der Waals surface area contributed by atoms with Crippen LogP contribution in [0.25, 0.3) is 0 Å². The van der Waals surface area contributed by atoms with Crippen LogP contribution in [0, 0.1) is 0 Å². The standard InChI is InChI=1S/C12H21N3/c1-10(2)12-8-14-9-15(12)11-4-3-6-13-7-5-11/h8-11,13H,3-7H2,1-2H3. The first-order valence-corrected chi connectivity index (χ1v) is 6.01. The zero-order chi connectivity index (χ0) is 10.7. The summed E-state index contributed by atoms with van der Waals surface area (Å²) in [5.74, 6) is 0.573. The third-order valence-electron chi connectivity index (χ3n) is 3.23. The van der Waals surface area contributed by atoms with Crippen LogP contribution in [0.3, 0.4) is 0 Å². The van der Waals surface area contributed by atoms with Crippen molar-refractivity contribution in [2.24, 2.45) is 0 Å². The molecule has 1 aliphatic heterocycles. The van der Waals surface area contributed by atoms with Gasteiger partial charge in [-0.05, 0) is 38.3 Å². The normalized spacial score (nSPS) is 23.0. The molecule has 0 amide bonds. The molecule has 0 aliphatic carbocycles. The number of imidazole rings is 1. The summed E-state index contributed by atoms with van der Waals surface area (Å²) >= 11 is 0. The van der Waals surface area contributed by atoms with Gasteiger partial charge in [0, 0.05) is 17.9 Å². The number of nitrogens with zero attached hydrogens (tertiary/aromatic N) is 2. The summed E-state index contributed by atoms with van der Waals surface area (Å²) in [6, 6.07) is 0.653. The molecule has 15 heavy (non-hydrogen) atoms. The van der Waals surface area contributed by atoms with Crippen LogP contribution in [0.15, 0.2) is 12.5 Å². The van der Waals surface area contributed by atoms with E-state index >= 15 is 0 Å². The van der Waals surface area contributed by atoms with E-state index < -0.39 is 0 Å². The van der Waals surface area contributed by atoms with Crippen LogP contribution in [0.1, 0.15) is 50.8 Å². The number of rotatable bonds is 2. The number of aromatic nitrogens is 2. The van der Waals surface area contributed by atoms with Gasteiger partial charge in [0.15, 0.2) is 0 Å². The minimum Gasteiger partial charge on any atom is -0.331 e. The van der Waals surface area contributed by atoms with Gasteiger partial charge < -0.3 is 9.88 Å². The molecule has 0 aromatic carbocycles. The highest BCUT2D eigenvalue weighted by molar-refractivity contribution is 5.05.